The fourth-order valence-corrected chi connectivity index (χ4v) is 3.18. The van der Waals surface area contributed by atoms with Gasteiger partial charge in [-0.1, -0.05) is 24.3 Å². The van der Waals surface area contributed by atoms with E-state index < -0.39 is 6.10 Å². The molecule has 1 N–H and O–H groups in total. The fraction of sp³-hybridized carbons (Fsp3) is 0.263. The van der Waals surface area contributed by atoms with Crippen molar-refractivity contribution in [3.8, 4) is 0 Å². The molecule has 1 amide bonds. The molecule has 0 spiro atoms. The van der Waals surface area contributed by atoms with E-state index in [4.69, 9.17) is 4.42 Å². The number of aliphatic hydroxyl groups is 1. The lowest BCUT2D eigenvalue weighted by molar-refractivity contribution is 0.0693. The lowest BCUT2D eigenvalue weighted by Crippen LogP contribution is -2.30. The van der Waals surface area contributed by atoms with Gasteiger partial charge in [0.1, 0.15) is 5.52 Å². The Kier molecular flexibility index (Phi) is 3.58. The third-order valence-electron chi connectivity index (χ3n) is 4.46. The van der Waals surface area contributed by atoms with Crippen LogP contribution in [0, 0.1) is 6.92 Å². The molecule has 3 heterocycles. The Labute approximate surface area is 139 Å². The summed E-state index contributed by atoms with van der Waals surface area (Å²) >= 11 is 0. The zero-order valence-electron chi connectivity index (χ0n) is 13.4. The van der Waals surface area contributed by atoms with Crippen LogP contribution in [0.5, 0.6) is 0 Å². The summed E-state index contributed by atoms with van der Waals surface area (Å²) in [5.41, 5.74) is 4.05. The molecule has 0 bridgehead atoms. The van der Waals surface area contributed by atoms with Crippen molar-refractivity contribution in [2.45, 2.75) is 26.0 Å². The van der Waals surface area contributed by atoms with Crippen LogP contribution in [-0.2, 0) is 6.54 Å². The van der Waals surface area contributed by atoms with E-state index >= 15 is 0 Å². The first kappa shape index (κ1) is 14.9. The van der Waals surface area contributed by atoms with Gasteiger partial charge < -0.3 is 14.4 Å². The molecule has 0 radical (unpaired) electrons. The van der Waals surface area contributed by atoms with Gasteiger partial charge in [-0.25, -0.2) is 4.98 Å². The summed E-state index contributed by atoms with van der Waals surface area (Å²) in [6.45, 7) is 2.86. The molecule has 0 saturated heterocycles. The molecule has 0 saturated carbocycles. The summed E-state index contributed by atoms with van der Waals surface area (Å²) in [5, 5.41) is 10.3. The number of aryl methyl sites for hydroxylation is 1. The Morgan fingerprint density at radius 1 is 1.29 bits per heavy atom. The first-order chi connectivity index (χ1) is 11.6. The number of hydrogen-bond acceptors (Lipinski definition) is 4. The van der Waals surface area contributed by atoms with E-state index in [0.717, 1.165) is 16.8 Å². The van der Waals surface area contributed by atoms with Crippen molar-refractivity contribution in [2.75, 3.05) is 6.54 Å². The Morgan fingerprint density at radius 3 is 3.00 bits per heavy atom. The van der Waals surface area contributed by atoms with Gasteiger partial charge >= 0.3 is 0 Å². The second-order valence-electron chi connectivity index (χ2n) is 6.18. The lowest BCUT2D eigenvalue weighted by Gasteiger charge is -2.19. The number of pyridine rings is 1. The number of benzene rings is 1. The molecule has 1 aromatic carbocycles. The minimum atomic E-state index is -0.543. The number of carbonyl (C=O) groups is 1. The maximum Gasteiger partial charge on any atom is 0.289 e. The number of fused-ring (bicyclic) bond motifs is 2. The second kappa shape index (κ2) is 5.76. The molecule has 3 aromatic rings. The molecule has 4 rings (SSSR count). The van der Waals surface area contributed by atoms with E-state index in [1.54, 1.807) is 11.0 Å². The second-order valence-corrected chi connectivity index (χ2v) is 6.18. The summed E-state index contributed by atoms with van der Waals surface area (Å²) in [4.78, 5) is 19.0. The monoisotopic (exact) mass is 322 g/mol. The molecule has 2 aromatic heterocycles. The average Bonchev–Trinajstić information content (AvgIpc) is 2.93. The topological polar surface area (TPSA) is 66.6 Å². The third kappa shape index (κ3) is 2.57. The average molecular weight is 322 g/mol. The molecule has 0 fully saturated rings. The number of carbonyl (C=O) groups excluding carboxylic acids is 1. The van der Waals surface area contributed by atoms with Crippen LogP contribution in [0.2, 0.25) is 0 Å². The number of nitrogens with zero attached hydrogens (tertiary/aromatic N) is 2. The van der Waals surface area contributed by atoms with Crippen molar-refractivity contribution in [2.24, 2.45) is 0 Å². The van der Waals surface area contributed by atoms with Crippen LogP contribution in [-0.4, -0.2) is 27.4 Å². The molecule has 1 aliphatic heterocycles. The summed E-state index contributed by atoms with van der Waals surface area (Å²) < 4.78 is 5.68. The van der Waals surface area contributed by atoms with Crippen molar-refractivity contribution >= 4 is 17.0 Å². The van der Waals surface area contributed by atoms with E-state index in [0.29, 0.717) is 30.6 Å². The SMILES string of the molecule is Cc1ccc2oc(C(=O)N3CCC(O)c4ccccc4C3)cc2n1. The van der Waals surface area contributed by atoms with Crippen molar-refractivity contribution in [1.29, 1.82) is 0 Å². The zero-order chi connectivity index (χ0) is 16.7. The van der Waals surface area contributed by atoms with E-state index in [2.05, 4.69) is 4.98 Å². The molecular weight excluding hydrogens is 304 g/mol. The number of rotatable bonds is 1. The quantitative estimate of drug-likeness (QED) is 0.747. The Morgan fingerprint density at radius 2 is 2.12 bits per heavy atom. The summed E-state index contributed by atoms with van der Waals surface area (Å²) in [6, 6.07) is 13.1. The minimum Gasteiger partial charge on any atom is -0.449 e. The predicted octanol–water partition coefficient (Wildman–Crippen LogP) is 3.22. The largest absolute Gasteiger partial charge is 0.449 e. The van der Waals surface area contributed by atoms with Crippen molar-refractivity contribution in [3.63, 3.8) is 0 Å². The van der Waals surface area contributed by atoms with Gasteiger partial charge in [0.15, 0.2) is 11.3 Å². The molecule has 1 aliphatic rings. The summed E-state index contributed by atoms with van der Waals surface area (Å²) in [5.74, 6) is 0.117. The van der Waals surface area contributed by atoms with Gasteiger partial charge in [-0.15, -0.1) is 0 Å². The molecule has 5 heteroatoms. The van der Waals surface area contributed by atoms with Crippen LogP contribution in [0.25, 0.3) is 11.1 Å². The summed E-state index contributed by atoms with van der Waals surface area (Å²) in [7, 11) is 0. The van der Waals surface area contributed by atoms with E-state index in [-0.39, 0.29) is 11.7 Å². The number of aliphatic hydroxyl groups excluding tert-OH is 1. The standard InChI is InChI=1S/C19H18N2O3/c1-12-6-7-17-15(20-12)10-18(24-17)19(23)21-9-8-16(22)14-5-3-2-4-13(14)11-21/h2-7,10,16,22H,8-9,11H2,1H3. The number of hydrogen-bond donors (Lipinski definition) is 1. The van der Waals surface area contributed by atoms with Crippen LogP contribution in [0.15, 0.2) is 46.9 Å². The van der Waals surface area contributed by atoms with Crippen LogP contribution in [0.4, 0.5) is 0 Å². The number of aromatic nitrogens is 1. The number of amides is 1. The van der Waals surface area contributed by atoms with E-state index in [9.17, 15) is 9.90 Å². The zero-order valence-corrected chi connectivity index (χ0v) is 13.4. The van der Waals surface area contributed by atoms with Crippen LogP contribution in [0.1, 0.15) is 39.9 Å². The van der Waals surface area contributed by atoms with Crippen molar-refractivity contribution < 1.29 is 14.3 Å². The molecule has 1 unspecified atom stereocenters. The van der Waals surface area contributed by atoms with E-state index in [1.165, 1.54) is 0 Å². The van der Waals surface area contributed by atoms with Crippen LogP contribution in [0.3, 0.4) is 0 Å². The highest BCUT2D eigenvalue weighted by Crippen LogP contribution is 2.28. The van der Waals surface area contributed by atoms with Crippen LogP contribution < -0.4 is 0 Å². The van der Waals surface area contributed by atoms with Crippen LogP contribution >= 0.6 is 0 Å². The summed E-state index contributed by atoms with van der Waals surface area (Å²) in [6.07, 6.45) is -0.0284. The van der Waals surface area contributed by atoms with Crippen molar-refractivity contribution in [1.82, 2.24) is 9.88 Å². The molecule has 0 aliphatic carbocycles. The first-order valence-corrected chi connectivity index (χ1v) is 8.04. The van der Waals surface area contributed by atoms with E-state index in [1.807, 2.05) is 43.3 Å². The van der Waals surface area contributed by atoms with Gasteiger partial charge in [-0.2, -0.15) is 0 Å². The maximum absolute atomic E-state index is 12.8. The highest BCUT2D eigenvalue weighted by Gasteiger charge is 2.26. The normalized spacial score (nSPS) is 17.6. The minimum absolute atomic E-state index is 0.172. The lowest BCUT2D eigenvalue weighted by atomic mass is 10.0. The highest BCUT2D eigenvalue weighted by atomic mass is 16.3. The molecule has 24 heavy (non-hydrogen) atoms. The van der Waals surface area contributed by atoms with Gasteiger partial charge in [-0.05, 0) is 36.6 Å². The molecule has 5 nitrogen and oxygen atoms in total. The van der Waals surface area contributed by atoms with Gasteiger partial charge in [0.2, 0.25) is 0 Å². The predicted molar refractivity (Wildman–Crippen MR) is 89.5 cm³/mol. The third-order valence-corrected chi connectivity index (χ3v) is 4.46. The van der Waals surface area contributed by atoms with Gasteiger partial charge in [0.25, 0.3) is 5.91 Å². The Balaban J connectivity index is 1.66. The smallest absolute Gasteiger partial charge is 0.289 e. The molecular formula is C19H18N2O3. The molecule has 122 valence electrons. The Hall–Kier alpha value is -2.66. The van der Waals surface area contributed by atoms with Gasteiger partial charge in [0, 0.05) is 24.8 Å². The fourth-order valence-electron chi connectivity index (χ4n) is 3.18. The highest BCUT2D eigenvalue weighted by molar-refractivity contribution is 5.95. The van der Waals surface area contributed by atoms with Crippen molar-refractivity contribution in [3.05, 3.63) is 65.0 Å². The molecule has 1 atom stereocenters. The Bertz CT molecular complexity index is 916. The van der Waals surface area contributed by atoms with Gasteiger partial charge in [-0.3, -0.25) is 4.79 Å². The number of furan rings is 1. The van der Waals surface area contributed by atoms with Gasteiger partial charge in [0.05, 0.1) is 6.10 Å². The maximum atomic E-state index is 12.8. The first-order valence-electron chi connectivity index (χ1n) is 8.04.